The molecule has 6 heteroatoms. The van der Waals surface area contributed by atoms with E-state index in [0.29, 0.717) is 11.5 Å². The van der Waals surface area contributed by atoms with Crippen LogP contribution in [0.5, 0.6) is 11.5 Å². The zero-order chi connectivity index (χ0) is 40.9. The number of para-hydroxylation sites is 1. The predicted molar refractivity (Wildman–Crippen MR) is 238 cm³/mol. The molecule has 3 heterocycles. The Morgan fingerprint density at radius 1 is 0.600 bits per heavy atom. The van der Waals surface area contributed by atoms with Gasteiger partial charge in [0.05, 0.1) is 5.69 Å². The molecule has 0 fully saturated rings. The number of pyridine rings is 1. The summed E-state index contributed by atoms with van der Waals surface area (Å²) >= 11 is 0. The second-order valence-electron chi connectivity index (χ2n) is 17.4. The molecule has 9 rings (SSSR count). The van der Waals surface area contributed by atoms with Crippen LogP contribution in [-0.2, 0) is 37.3 Å². The first-order valence-corrected chi connectivity index (χ1v) is 20.3. The van der Waals surface area contributed by atoms with Crippen LogP contribution in [0.15, 0.2) is 164 Å². The first kappa shape index (κ1) is 40.7. The Morgan fingerprint density at radius 3 is 2.00 bits per heavy atom. The van der Waals surface area contributed by atoms with Gasteiger partial charge in [-0.2, -0.15) is 12.1 Å². The van der Waals surface area contributed by atoms with Gasteiger partial charge >= 0.3 is 0 Å². The van der Waals surface area contributed by atoms with Crippen molar-refractivity contribution in [2.45, 2.75) is 64.7 Å². The van der Waals surface area contributed by atoms with Crippen LogP contribution in [0, 0.1) is 18.5 Å². The summed E-state index contributed by atoms with van der Waals surface area (Å²) in [5.41, 5.74) is 9.31. The number of rotatable bonds is 9. The fraction of sp³-hybridized carbons (Fsp3) is 0.185. The molecule has 6 aromatic carbocycles. The molecule has 0 saturated heterocycles. The molecule has 5 nitrogen and oxygen atoms in total. The Morgan fingerprint density at radius 2 is 1.27 bits per heavy atom. The van der Waals surface area contributed by atoms with Gasteiger partial charge in [0.1, 0.15) is 5.82 Å². The third-order valence-corrected chi connectivity index (χ3v) is 11.8. The average Bonchev–Trinajstić information content (AvgIpc) is 3.88. The number of hydrogen-bond donors (Lipinski definition) is 0. The van der Waals surface area contributed by atoms with Crippen molar-refractivity contribution in [1.82, 2.24) is 14.1 Å². The summed E-state index contributed by atoms with van der Waals surface area (Å²) in [5, 5.41) is 2.27. The summed E-state index contributed by atoms with van der Waals surface area (Å²) < 4.78 is 13.0. The molecule has 3 aromatic heterocycles. The molecule has 0 aliphatic heterocycles. The SMILES string of the molecule is CC(C)(C)c1ccnc(-n2c3[c-]c(Oc4[c-]c(-n5[c-][n+](-c6cccc(C(C)(C)c7ccccc7)c6)cc5)ccc4)cc(C(C)(C)c4ccccc4)c3c3ccccc32)c1.[Pt]. The van der Waals surface area contributed by atoms with Crippen LogP contribution >= 0.6 is 0 Å². The summed E-state index contributed by atoms with van der Waals surface area (Å²) in [7, 11) is 0. The predicted octanol–water partition coefficient (Wildman–Crippen LogP) is 12.4. The molecule has 0 amide bonds. The van der Waals surface area contributed by atoms with Crippen LogP contribution < -0.4 is 9.30 Å². The second-order valence-corrected chi connectivity index (χ2v) is 17.4. The van der Waals surface area contributed by atoms with Crippen LogP contribution in [0.25, 0.3) is 39.0 Å². The molecule has 60 heavy (non-hydrogen) atoms. The van der Waals surface area contributed by atoms with Crippen LogP contribution in [0.4, 0.5) is 0 Å². The van der Waals surface area contributed by atoms with Crippen LogP contribution in [0.3, 0.4) is 0 Å². The molecule has 0 aliphatic rings. The molecule has 0 atom stereocenters. The van der Waals surface area contributed by atoms with Crippen molar-refractivity contribution in [3.05, 3.63) is 210 Å². The van der Waals surface area contributed by atoms with Crippen LogP contribution in [0.2, 0.25) is 0 Å². The molecular weight excluding hydrogens is 916 g/mol. The quantitative estimate of drug-likeness (QED) is 0.107. The van der Waals surface area contributed by atoms with Gasteiger partial charge in [-0.1, -0.05) is 150 Å². The maximum absolute atomic E-state index is 6.79. The molecule has 0 N–H and O–H groups in total. The molecule has 0 unspecified atom stereocenters. The van der Waals surface area contributed by atoms with Crippen molar-refractivity contribution in [3.63, 3.8) is 0 Å². The zero-order valence-corrected chi connectivity index (χ0v) is 37.4. The van der Waals surface area contributed by atoms with E-state index >= 15 is 0 Å². The summed E-state index contributed by atoms with van der Waals surface area (Å²) in [6.45, 7) is 15.8. The van der Waals surface area contributed by atoms with Gasteiger partial charge in [-0.15, -0.1) is 29.8 Å². The van der Waals surface area contributed by atoms with E-state index < -0.39 is 0 Å². The smallest absolute Gasteiger partial charge is 0.267 e. The zero-order valence-electron chi connectivity index (χ0n) is 35.1. The average molecular weight is 964 g/mol. The molecule has 9 aromatic rings. The van der Waals surface area contributed by atoms with Crippen molar-refractivity contribution in [2.75, 3.05) is 0 Å². The Kier molecular flexibility index (Phi) is 10.8. The van der Waals surface area contributed by atoms with Crippen molar-refractivity contribution >= 4 is 21.8 Å². The number of aromatic nitrogens is 4. The van der Waals surface area contributed by atoms with E-state index in [9.17, 15) is 0 Å². The van der Waals surface area contributed by atoms with E-state index in [-0.39, 0.29) is 37.3 Å². The van der Waals surface area contributed by atoms with Gasteiger partial charge in [0.25, 0.3) is 6.33 Å². The van der Waals surface area contributed by atoms with Gasteiger partial charge in [-0.05, 0) is 74.5 Å². The number of fused-ring (bicyclic) bond motifs is 3. The molecule has 0 saturated carbocycles. The summed E-state index contributed by atoms with van der Waals surface area (Å²) in [6.07, 6.45) is 9.45. The number of ether oxygens (including phenoxy) is 1. The molecular formula is C54H48N4OPt-2. The third kappa shape index (κ3) is 7.52. The molecule has 0 radical (unpaired) electrons. The minimum Gasteiger partial charge on any atom is -0.510 e. The van der Waals surface area contributed by atoms with E-state index in [2.05, 4.69) is 199 Å². The van der Waals surface area contributed by atoms with Gasteiger partial charge in [-0.25, -0.2) is 4.98 Å². The van der Waals surface area contributed by atoms with Crippen molar-refractivity contribution in [3.8, 4) is 28.7 Å². The topological polar surface area (TPSA) is 35.9 Å². The third-order valence-electron chi connectivity index (χ3n) is 11.8. The Hall–Kier alpha value is -6.03. The second kappa shape index (κ2) is 15.9. The number of hydrogen-bond acceptors (Lipinski definition) is 2. The van der Waals surface area contributed by atoms with Gasteiger partial charge in [0.15, 0.2) is 0 Å². The van der Waals surface area contributed by atoms with Gasteiger partial charge in [0.2, 0.25) is 0 Å². The van der Waals surface area contributed by atoms with Crippen molar-refractivity contribution in [1.29, 1.82) is 0 Å². The number of imidazole rings is 1. The van der Waals surface area contributed by atoms with Crippen LogP contribution in [-0.4, -0.2) is 14.1 Å². The number of benzene rings is 6. The fourth-order valence-corrected chi connectivity index (χ4v) is 8.21. The van der Waals surface area contributed by atoms with E-state index in [4.69, 9.17) is 9.72 Å². The Labute approximate surface area is 368 Å². The van der Waals surface area contributed by atoms with E-state index in [1.165, 1.54) is 22.3 Å². The maximum Gasteiger partial charge on any atom is 0.267 e. The van der Waals surface area contributed by atoms with Crippen LogP contribution in [0.1, 0.15) is 76.3 Å². The summed E-state index contributed by atoms with van der Waals surface area (Å²) in [5.74, 6) is 2.03. The number of nitrogens with zero attached hydrogens (tertiary/aromatic N) is 4. The minimum atomic E-state index is -0.380. The van der Waals surface area contributed by atoms with Gasteiger partial charge < -0.3 is 13.9 Å². The van der Waals surface area contributed by atoms with Gasteiger partial charge in [-0.3, -0.25) is 4.57 Å². The normalized spacial score (nSPS) is 12.1. The summed E-state index contributed by atoms with van der Waals surface area (Å²) in [4.78, 5) is 4.95. The van der Waals surface area contributed by atoms with E-state index in [0.717, 1.165) is 44.6 Å². The molecule has 302 valence electrons. The Balaban J connectivity index is 0.00000499. The maximum atomic E-state index is 6.79. The molecule has 0 aliphatic carbocycles. The van der Waals surface area contributed by atoms with Gasteiger partial charge in [0, 0.05) is 62.1 Å². The van der Waals surface area contributed by atoms with Crippen molar-refractivity contribution in [2.24, 2.45) is 0 Å². The minimum absolute atomic E-state index is 0. The molecule has 0 spiro atoms. The monoisotopic (exact) mass is 963 g/mol. The largest absolute Gasteiger partial charge is 0.510 e. The standard InChI is InChI=1S/C54H48N4O.Pt/c1-52(2,3)40-28-29-55-50(33-40)58-48-27-15-14-26-46(48)51-47(54(6,7)39-20-12-9-13-21-39)35-45(36-49(51)58)59-44-25-17-24-43(34-44)57-31-30-56(37-57)42-23-16-22-41(32-42)53(4,5)38-18-10-8-11-19-38;/h8-33,35H,1-7H3;/q-2;. The molecule has 0 bridgehead atoms. The van der Waals surface area contributed by atoms with E-state index in [1.54, 1.807) is 0 Å². The first-order valence-electron chi connectivity index (χ1n) is 20.3. The van der Waals surface area contributed by atoms with E-state index in [1.807, 2.05) is 45.9 Å². The van der Waals surface area contributed by atoms with Crippen molar-refractivity contribution < 1.29 is 30.4 Å². The summed E-state index contributed by atoms with van der Waals surface area (Å²) in [6, 6.07) is 58.3. The first-order chi connectivity index (χ1) is 28.4. The fourth-order valence-electron chi connectivity index (χ4n) is 8.21. The Bertz CT molecular complexity index is 2950.